The first-order valence-electron chi connectivity index (χ1n) is 9.41. The van der Waals surface area contributed by atoms with Gasteiger partial charge in [-0.25, -0.2) is 9.59 Å². The summed E-state index contributed by atoms with van der Waals surface area (Å²) < 4.78 is 29.5. The number of carbonyl (C=O) groups excluding carboxylic acids is 1. The highest BCUT2D eigenvalue weighted by molar-refractivity contribution is 5.89. The minimum atomic E-state index is -0.901. The molecule has 2 aromatic rings. The summed E-state index contributed by atoms with van der Waals surface area (Å²) in [4.78, 5) is 38.2. The van der Waals surface area contributed by atoms with Crippen molar-refractivity contribution in [3.63, 3.8) is 0 Å². The number of rotatable bonds is 5. The third-order valence-corrected chi connectivity index (χ3v) is 4.96. The lowest BCUT2D eigenvalue weighted by Gasteiger charge is -2.24. The zero-order chi connectivity index (χ0) is 21.5. The molecule has 3 heterocycles. The lowest BCUT2D eigenvalue weighted by atomic mass is 10.1. The molecule has 4 atom stereocenters. The maximum Gasteiger partial charge on any atom is 0.338 e. The molecular formula is C20H22N2O8. The van der Waals surface area contributed by atoms with Gasteiger partial charge in [-0.1, -0.05) is 0 Å². The van der Waals surface area contributed by atoms with Gasteiger partial charge in [-0.15, -0.1) is 0 Å². The SMILES string of the molecule is COc1ccc(C(=O)OC[C@H]2O[C@H](n3ccc(=O)[nH]c3=O)[C@@H]3OC(C)(C)O[C@@H]32)cc1. The quantitative estimate of drug-likeness (QED) is 0.709. The van der Waals surface area contributed by atoms with Crippen LogP contribution in [0.1, 0.15) is 30.4 Å². The molecule has 0 saturated carbocycles. The molecule has 1 aromatic carbocycles. The predicted molar refractivity (Wildman–Crippen MR) is 102 cm³/mol. The van der Waals surface area contributed by atoms with E-state index in [1.807, 2.05) is 0 Å². The Morgan fingerprint density at radius 1 is 1.13 bits per heavy atom. The number of aromatic nitrogens is 2. The molecule has 10 nitrogen and oxygen atoms in total. The van der Waals surface area contributed by atoms with Crippen LogP contribution in [0.25, 0.3) is 0 Å². The molecule has 2 aliphatic rings. The first-order chi connectivity index (χ1) is 14.3. The number of H-pyrrole nitrogens is 1. The van der Waals surface area contributed by atoms with E-state index >= 15 is 0 Å². The van der Waals surface area contributed by atoms with E-state index < -0.39 is 47.5 Å². The Morgan fingerprint density at radius 2 is 1.83 bits per heavy atom. The van der Waals surface area contributed by atoms with Crippen molar-refractivity contribution in [3.05, 3.63) is 62.9 Å². The Labute approximate surface area is 171 Å². The minimum absolute atomic E-state index is 0.0971. The second kappa shape index (κ2) is 7.71. The molecule has 160 valence electrons. The zero-order valence-corrected chi connectivity index (χ0v) is 16.7. The Balaban J connectivity index is 1.51. The molecule has 0 bridgehead atoms. The van der Waals surface area contributed by atoms with E-state index in [1.54, 1.807) is 38.1 Å². The highest BCUT2D eigenvalue weighted by Crippen LogP contribution is 2.42. The van der Waals surface area contributed by atoms with Crippen molar-refractivity contribution in [2.75, 3.05) is 13.7 Å². The van der Waals surface area contributed by atoms with Crippen molar-refractivity contribution in [1.29, 1.82) is 0 Å². The lowest BCUT2D eigenvalue weighted by molar-refractivity contribution is -0.200. The highest BCUT2D eigenvalue weighted by atomic mass is 16.8. The second-order valence-corrected chi connectivity index (χ2v) is 7.47. The number of nitrogens with one attached hydrogen (secondary N) is 1. The summed E-state index contributed by atoms with van der Waals surface area (Å²) in [5, 5.41) is 0. The third kappa shape index (κ3) is 3.89. The van der Waals surface area contributed by atoms with E-state index in [4.69, 9.17) is 23.7 Å². The smallest absolute Gasteiger partial charge is 0.338 e. The summed E-state index contributed by atoms with van der Waals surface area (Å²) in [6, 6.07) is 7.74. The number of benzene rings is 1. The number of esters is 1. The van der Waals surface area contributed by atoms with Crippen molar-refractivity contribution < 1.29 is 28.5 Å². The molecule has 0 spiro atoms. The second-order valence-electron chi connectivity index (χ2n) is 7.47. The molecule has 30 heavy (non-hydrogen) atoms. The average molecular weight is 418 g/mol. The van der Waals surface area contributed by atoms with Gasteiger partial charge in [-0.05, 0) is 38.1 Å². The molecule has 1 N–H and O–H groups in total. The van der Waals surface area contributed by atoms with Gasteiger partial charge >= 0.3 is 11.7 Å². The minimum Gasteiger partial charge on any atom is -0.497 e. The Bertz CT molecular complexity index is 1040. The van der Waals surface area contributed by atoms with Gasteiger partial charge in [0.05, 0.1) is 12.7 Å². The summed E-state index contributed by atoms with van der Waals surface area (Å²) in [6.45, 7) is 3.40. The van der Waals surface area contributed by atoms with Crippen LogP contribution in [0.4, 0.5) is 0 Å². The largest absolute Gasteiger partial charge is 0.497 e. The monoisotopic (exact) mass is 418 g/mol. The van der Waals surface area contributed by atoms with Crippen molar-refractivity contribution in [2.45, 2.75) is 44.2 Å². The molecule has 0 unspecified atom stereocenters. The zero-order valence-electron chi connectivity index (χ0n) is 16.7. The van der Waals surface area contributed by atoms with Gasteiger partial charge in [0.15, 0.2) is 12.0 Å². The standard InChI is InChI=1S/C20H22N2O8/c1-20(2)29-15-13(10-27-18(24)11-4-6-12(26-3)7-5-11)28-17(16(15)30-20)22-9-8-14(23)21-19(22)25/h4-9,13,15-17H,10H2,1-3H3,(H,21,23,25)/t13-,15-,16-,17+/m1/s1. The summed E-state index contributed by atoms with van der Waals surface area (Å²) >= 11 is 0. The fourth-order valence-electron chi connectivity index (χ4n) is 3.61. The van der Waals surface area contributed by atoms with Gasteiger partial charge in [0.2, 0.25) is 0 Å². The van der Waals surface area contributed by atoms with Gasteiger partial charge < -0.3 is 23.7 Å². The van der Waals surface area contributed by atoms with Gasteiger partial charge in [0.25, 0.3) is 5.56 Å². The Kier molecular flexibility index (Phi) is 5.22. The first kappa shape index (κ1) is 20.3. The number of ether oxygens (including phenoxy) is 5. The molecule has 0 amide bonds. The van der Waals surface area contributed by atoms with Gasteiger partial charge in [0.1, 0.15) is 30.7 Å². The number of hydrogen-bond acceptors (Lipinski definition) is 8. The fourth-order valence-corrected chi connectivity index (χ4v) is 3.61. The summed E-state index contributed by atoms with van der Waals surface area (Å²) in [7, 11) is 1.54. The molecule has 10 heteroatoms. The van der Waals surface area contributed by atoms with Crippen LogP contribution < -0.4 is 16.0 Å². The topological polar surface area (TPSA) is 118 Å². The highest BCUT2D eigenvalue weighted by Gasteiger charge is 2.56. The molecule has 2 aliphatic heterocycles. The third-order valence-electron chi connectivity index (χ3n) is 4.96. The van der Waals surface area contributed by atoms with Crippen LogP contribution in [0.5, 0.6) is 5.75 Å². The maximum absolute atomic E-state index is 12.4. The Hall–Kier alpha value is -2.95. The average Bonchev–Trinajstić information content (AvgIpc) is 3.19. The maximum atomic E-state index is 12.4. The molecular weight excluding hydrogens is 396 g/mol. The van der Waals surface area contributed by atoms with E-state index in [1.165, 1.54) is 23.9 Å². The fraction of sp³-hybridized carbons (Fsp3) is 0.450. The summed E-state index contributed by atoms with van der Waals surface area (Å²) in [5.41, 5.74) is -0.780. The van der Waals surface area contributed by atoms with E-state index in [0.29, 0.717) is 11.3 Å². The normalized spacial score (nSPS) is 26.9. The lowest BCUT2D eigenvalue weighted by Crippen LogP contribution is -2.37. The van der Waals surface area contributed by atoms with E-state index in [9.17, 15) is 14.4 Å². The van der Waals surface area contributed by atoms with Crippen LogP contribution in [-0.4, -0.2) is 53.3 Å². The van der Waals surface area contributed by atoms with E-state index in [-0.39, 0.29) is 6.61 Å². The molecule has 0 radical (unpaired) electrons. The van der Waals surface area contributed by atoms with Crippen LogP contribution >= 0.6 is 0 Å². The predicted octanol–water partition coefficient (Wildman–Crippen LogP) is 0.820. The number of carbonyl (C=O) groups is 1. The van der Waals surface area contributed by atoms with E-state index in [2.05, 4.69) is 4.98 Å². The summed E-state index contributed by atoms with van der Waals surface area (Å²) in [5.74, 6) is -0.802. The van der Waals surface area contributed by atoms with Crippen molar-refractivity contribution in [3.8, 4) is 5.75 Å². The molecule has 4 rings (SSSR count). The first-order valence-corrected chi connectivity index (χ1v) is 9.41. The number of methoxy groups -OCH3 is 1. The number of nitrogens with zero attached hydrogens (tertiary/aromatic N) is 1. The van der Waals surface area contributed by atoms with Gasteiger partial charge in [0, 0.05) is 12.3 Å². The van der Waals surface area contributed by atoms with Crippen molar-refractivity contribution in [1.82, 2.24) is 9.55 Å². The number of fused-ring (bicyclic) bond motifs is 1. The van der Waals surface area contributed by atoms with Crippen LogP contribution in [-0.2, 0) is 18.9 Å². The molecule has 2 saturated heterocycles. The number of hydrogen-bond donors (Lipinski definition) is 1. The Morgan fingerprint density at radius 3 is 2.50 bits per heavy atom. The van der Waals surface area contributed by atoms with Crippen LogP contribution in [0.3, 0.4) is 0 Å². The van der Waals surface area contributed by atoms with Gasteiger partial charge in [-0.2, -0.15) is 0 Å². The van der Waals surface area contributed by atoms with Crippen LogP contribution in [0.2, 0.25) is 0 Å². The van der Waals surface area contributed by atoms with Crippen molar-refractivity contribution >= 4 is 5.97 Å². The van der Waals surface area contributed by atoms with Crippen LogP contribution in [0.15, 0.2) is 46.1 Å². The molecule has 0 aliphatic carbocycles. The van der Waals surface area contributed by atoms with E-state index in [0.717, 1.165) is 0 Å². The van der Waals surface area contributed by atoms with Gasteiger partial charge in [-0.3, -0.25) is 14.3 Å². The summed E-state index contributed by atoms with van der Waals surface area (Å²) in [6.07, 6.45) is -1.35. The van der Waals surface area contributed by atoms with Crippen molar-refractivity contribution in [2.24, 2.45) is 0 Å². The van der Waals surface area contributed by atoms with Crippen LogP contribution in [0, 0.1) is 0 Å². The molecule has 1 aromatic heterocycles. The number of aromatic amines is 1. The molecule has 2 fully saturated rings.